The van der Waals surface area contributed by atoms with Crippen molar-refractivity contribution in [2.75, 3.05) is 38.7 Å². The fourth-order valence-electron chi connectivity index (χ4n) is 3.39. The van der Waals surface area contributed by atoms with Crippen LogP contribution in [0.3, 0.4) is 0 Å². The molecule has 0 aliphatic carbocycles. The van der Waals surface area contributed by atoms with Crippen LogP contribution >= 0.6 is 11.6 Å². The van der Waals surface area contributed by atoms with E-state index in [1.165, 1.54) is 26.2 Å². The predicted octanol–water partition coefficient (Wildman–Crippen LogP) is 2.66. The lowest BCUT2D eigenvalue weighted by Crippen LogP contribution is -2.29. The maximum Gasteiger partial charge on any atom is 0.340 e. The molecular weight excluding hydrogens is 454 g/mol. The Hall–Kier alpha value is -2.62. The molecule has 0 bridgehead atoms. The molecule has 1 heterocycles. The van der Waals surface area contributed by atoms with Crippen LogP contribution in [0, 0.1) is 0 Å². The van der Waals surface area contributed by atoms with Crippen LogP contribution in [-0.2, 0) is 26.1 Å². The van der Waals surface area contributed by atoms with Crippen LogP contribution in [0.1, 0.15) is 28.8 Å². The van der Waals surface area contributed by atoms with E-state index in [4.69, 9.17) is 16.3 Å². The van der Waals surface area contributed by atoms with E-state index in [0.717, 1.165) is 35.8 Å². The van der Waals surface area contributed by atoms with Gasteiger partial charge < -0.3 is 15.0 Å². The van der Waals surface area contributed by atoms with Gasteiger partial charge in [0.15, 0.2) is 6.61 Å². The Kier molecular flexibility index (Phi) is 7.76. The summed E-state index contributed by atoms with van der Waals surface area (Å²) >= 11 is 5.93. The number of hydrogen-bond donors (Lipinski definition) is 1. The molecule has 0 aromatic heterocycles. The monoisotopic (exact) mass is 479 g/mol. The third kappa shape index (κ3) is 5.79. The number of rotatable bonds is 8. The van der Waals surface area contributed by atoms with Crippen LogP contribution in [0.15, 0.2) is 47.4 Å². The molecular formula is C22H26ClN3O5S. The zero-order chi connectivity index (χ0) is 23.3. The van der Waals surface area contributed by atoms with Gasteiger partial charge in [-0.05, 0) is 48.7 Å². The van der Waals surface area contributed by atoms with Gasteiger partial charge in [0.05, 0.1) is 16.1 Å². The molecule has 172 valence electrons. The molecule has 10 heteroatoms. The lowest BCUT2D eigenvalue weighted by Gasteiger charge is -2.22. The van der Waals surface area contributed by atoms with E-state index in [2.05, 4.69) is 5.32 Å². The molecule has 1 N–H and O–H groups in total. The first-order chi connectivity index (χ1) is 15.2. The number of nitrogens with one attached hydrogen (secondary N) is 1. The minimum absolute atomic E-state index is 0.0113. The van der Waals surface area contributed by atoms with Crippen LogP contribution in [-0.4, -0.2) is 58.4 Å². The van der Waals surface area contributed by atoms with Gasteiger partial charge in [-0.15, -0.1) is 0 Å². The summed E-state index contributed by atoms with van der Waals surface area (Å²) in [6, 6.07) is 11.5. The highest BCUT2D eigenvalue weighted by molar-refractivity contribution is 7.89. The summed E-state index contributed by atoms with van der Waals surface area (Å²) in [5.74, 6) is -1.22. The Labute approximate surface area is 193 Å². The van der Waals surface area contributed by atoms with Crippen molar-refractivity contribution in [3.8, 4) is 0 Å². The van der Waals surface area contributed by atoms with Gasteiger partial charge in [0.1, 0.15) is 0 Å². The molecule has 0 atom stereocenters. The smallest absolute Gasteiger partial charge is 0.340 e. The Balaban J connectivity index is 1.72. The first-order valence-electron chi connectivity index (χ1n) is 10.2. The normalized spacial score (nSPS) is 13.9. The summed E-state index contributed by atoms with van der Waals surface area (Å²) in [7, 11) is -0.885. The number of anilines is 1. The summed E-state index contributed by atoms with van der Waals surface area (Å²) in [6.07, 6.45) is 1.97. The average molecular weight is 480 g/mol. The van der Waals surface area contributed by atoms with E-state index in [1.807, 2.05) is 11.0 Å². The Morgan fingerprint density at radius 2 is 1.84 bits per heavy atom. The summed E-state index contributed by atoms with van der Waals surface area (Å²) in [5.41, 5.74) is 1.54. The van der Waals surface area contributed by atoms with Crippen molar-refractivity contribution in [3.05, 3.63) is 58.6 Å². The maximum atomic E-state index is 12.8. The first kappa shape index (κ1) is 24.0. The van der Waals surface area contributed by atoms with Gasteiger partial charge >= 0.3 is 5.97 Å². The Bertz CT molecular complexity index is 1100. The highest BCUT2D eigenvalue weighted by Crippen LogP contribution is 2.28. The lowest BCUT2D eigenvalue weighted by molar-refractivity contribution is -0.124. The second-order valence-corrected chi connectivity index (χ2v) is 10.2. The standard InChI is InChI=1S/C22H26ClN3O5S/c1-25(2)32(29,30)18-8-9-20(26-10-3-4-11-26)19(13-18)22(28)31-15-21(27)24-14-16-6-5-7-17(23)12-16/h5-9,12-13H,3-4,10-11,14-15H2,1-2H3,(H,24,27). The molecule has 0 radical (unpaired) electrons. The second-order valence-electron chi connectivity index (χ2n) is 7.64. The van der Waals surface area contributed by atoms with Gasteiger partial charge in [0, 0.05) is 38.8 Å². The predicted molar refractivity (Wildman–Crippen MR) is 122 cm³/mol. The van der Waals surface area contributed by atoms with E-state index in [0.29, 0.717) is 10.7 Å². The summed E-state index contributed by atoms with van der Waals surface area (Å²) in [6.45, 7) is 1.29. The molecule has 0 unspecified atom stereocenters. The molecule has 1 saturated heterocycles. The zero-order valence-electron chi connectivity index (χ0n) is 18.0. The van der Waals surface area contributed by atoms with Gasteiger partial charge in [-0.3, -0.25) is 4.79 Å². The minimum Gasteiger partial charge on any atom is -0.452 e. The highest BCUT2D eigenvalue weighted by Gasteiger charge is 2.25. The van der Waals surface area contributed by atoms with Crippen molar-refractivity contribution in [1.29, 1.82) is 0 Å². The van der Waals surface area contributed by atoms with Crippen LogP contribution in [0.25, 0.3) is 0 Å². The van der Waals surface area contributed by atoms with E-state index in [-0.39, 0.29) is 17.0 Å². The van der Waals surface area contributed by atoms with Crippen LogP contribution in [0.5, 0.6) is 0 Å². The summed E-state index contributed by atoms with van der Waals surface area (Å²) < 4.78 is 31.4. The number of carbonyl (C=O) groups excluding carboxylic acids is 2. The first-order valence-corrected chi connectivity index (χ1v) is 12.0. The van der Waals surface area contributed by atoms with E-state index < -0.39 is 28.5 Å². The second kappa shape index (κ2) is 10.3. The molecule has 1 aliphatic heterocycles. The quantitative estimate of drug-likeness (QED) is 0.585. The molecule has 1 aliphatic rings. The number of benzene rings is 2. The topological polar surface area (TPSA) is 96.0 Å². The van der Waals surface area contributed by atoms with E-state index in [9.17, 15) is 18.0 Å². The molecule has 8 nitrogen and oxygen atoms in total. The van der Waals surface area contributed by atoms with Crippen molar-refractivity contribution in [2.24, 2.45) is 0 Å². The number of nitrogens with zero attached hydrogens (tertiary/aromatic N) is 2. The van der Waals surface area contributed by atoms with E-state index in [1.54, 1.807) is 24.3 Å². The molecule has 0 spiro atoms. The number of amides is 1. The molecule has 3 rings (SSSR count). The third-order valence-corrected chi connectivity index (χ3v) is 7.17. The van der Waals surface area contributed by atoms with Crippen LogP contribution < -0.4 is 10.2 Å². The van der Waals surface area contributed by atoms with Gasteiger partial charge in [-0.1, -0.05) is 23.7 Å². The van der Waals surface area contributed by atoms with Gasteiger partial charge in [0.2, 0.25) is 10.0 Å². The number of esters is 1. The average Bonchev–Trinajstić information content (AvgIpc) is 3.30. The lowest BCUT2D eigenvalue weighted by atomic mass is 10.1. The number of halogens is 1. The van der Waals surface area contributed by atoms with Crippen molar-refractivity contribution < 1.29 is 22.7 Å². The SMILES string of the molecule is CN(C)S(=O)(=O)c1ccc(N2CCCC2)c(C(=O)OCC(=O)NCc2cccc(Cl)c2)c1. The summed E-state index contributed by atoms with van der Waals surface area (Å²) in [4.78, 5) is 27.0. The van der Waals surface area contributed by atoms with Crippen LogP contribution in [0.4, 0.5) is 5.69 Å². The van der Waals surface area contributed by atoms with Crippen LogP contribution in [0.2, 0.25) is 5.02 Å². The molecule has 1 amide bonds. The fourth-order valence-corrected chi connectivity index (χ4v) is 4.53. The molecule has 2 aromatic carbocycles. The molecule has 1 fully saturated rings. The molecule has 2 aromatic rings. The van der Waals surface area contributed by atoms with Crippen molar-refractivity contribution in [2.45, 2.75) is 24.3 Å². The maximum absolute atomic E-state index is 12.8. The zero-order valence-corrected chi connectivity index (χ0v) is 19.6. The highest BCUT2D eigenvalue weighted by atomic mass is 35.5. The van der Waals surface area contributed by atoms with Crippen molar-refractivity contribution in [3.63, 3.8) is 0 Å². The Morgan fingerprint density at radius 1 is 1.12 bits per heavy atom. The minimum atomic E-state index is -3.73. The van der Waals surface area contributed by atoms with E-state index >= 15 is 0 Å². The van der Waals surface area contributed by atoms with Gasteiger partial charge in [-0.2, -0.15) is 0 Å². The number of hydrogen-bond acceptors (Lipinski definition) is 6. The van der Waals surface area contributed by atoms with Crippen molar-refractivity contribution >= 4 is 39.2 Å². The van der Waals surface area contributed by atoms with Crippen molar-refractivity contribution in [1.82, 2.24) is 9.62 Å². The molecule has 0 saturated carbocycles. The fraction of sp³-hybridized carbons (Fsp3) is 0.364. The third-order valence-electron chi connectivity index (χ3n) is 5.13. The molecule has 32 heavy (non-hydrogen) atoms. The van der Waals surface area contributed by atoms with Gasteiger partial charge in [0.25, 0.3) is 5.91 Å². The number of sulfonamides is 1. The number of ether oxygens (including phenoxy) is 1. The van der Waals surface area contributed by atoms with Gasteiger partial charge in [-0.25, -0.2) is 17.5 Å². The number of carbonyl (C=O) groups is 2. The summed E-state index contributed by atoms with van der Waals surface area (Å²) in [5, 5.41) is 3.23. The largest absolute Gasteiger partial charge is 0.452 e. The Morgan fingerprint density at radius 3 is 2.50 bits per heavy atom.